The van der Waals surface area contributed by atoms with Gasteiger partial charge in [-0.3, -0.25) is 9.69 Å². The van der Waals surface area contributed by atoms with Crippen molar-refractivity contribution in [3.05, 3.63) is 71.4 Å². The van der Waals surface area contributed by atoms with Crippen molar-refractivity contribution in [2.45, 2.75) is 39.2 Å². The quantitative estimate of drug-likeness (QED) is 0.620. The number of nitrogens with one attached hydrogen (secondary N) is 1. The van der Waals surface area contributed by atoms with Gasteiger partial charge in [-0.25, -0.2) is 0 Å². The van der Waals surface area contributed by atoms with Gasteiger partial charge in [-0.15, -0.1) is 0 Å². The Morgan fingerprint density at radius 2 is 1.74 bits per heavy atom. The minimum atomic E-state index is 0.147. The molecule has 1 aliphatic heterocycles. The van der Waals surface area contributed by atoms with Gasteiger partial charge in [-0.1, -0.05) is 48.5 Å². The zero-order valence-corrected chi connectivity index (χ0v) is 16.2. The van der Waals surface area contributed by atoms with Gasteiger partial charge in [0, 0.05) is 28.2 Å². The first kappa shape index (κ1) is 18.0. The zero-order valence-electron chi connectivity index (χ0n) is 16.2. The molecular formula is C24H28N2O. The van der Waals surface area contributed by atoms with Crippen molar-refractivity contribution in [2.24, 2.45) is 5.92 Å². The Hall–Kier alpha value is -2.39. The van der Waals surface area contributed by atoms with E-state index in [0.717, 1.165) is 41.2 Å². The number of rotatable bonds is 5. The van der Waals surface area contributed by atoms with Crippen molar-refractivity contribution in [1.29, 1.82) is 0 Å². The second-order valence-corrected chi connectivity index (χ2v) is 7.86. The van der Waals surface area contributed by atoms with E-state index in [0.29, 0.717) is 0 Å². The first-order chi connectivity index (χ1) is 13.1. The SMILES string of the molecule is CC(=O)c1c(C(C)N2CCC(Cc3ccccc3)CC2)[nH]c2ccccc12. The monoisotopic (exact) mass is 360 g/mol. The van der Waals surface area contributed by atoms with Crippen LogP contribution in [0.4, 0.5) is 0 Å². The maximum atomic E-state index is 12.3. The third-order valence-electron chi connectivity index (χ3n) is 6.07. The number of piperidine rings is 1. The number of carbonyl (C=O) groups excluding carboxylic acids is 1. The summed E-state index contributed by atoms with van der Waals surface area (Å²) in [5.74, 6) is 0.902. The molecule has 1 fully saturated rings. The summed E-state index contributed by atoms with van der Waals surface area (Å²) in [6.07, 6.45) is 3.61. The van der Waals surface area contributed by atoms with Crippen LogP contribution >= 0.6 is 0 Å². The number of ketones is 1. The fourth-order valence-corrected chi connectivity index (χ4v) is 4.53. The Kier molecular flexibility index (Phi) is 5.13. The van der Waals surface area contributed by atoms with E-state index in [9.17, 15) is 4.79 Å². The summed E-state index contributed by atoms with van der Waals surface area (Å²) in [5, 5.41) is 1.05. The van der Waals surface area contributed by atoms with E-state index in [1.54, 1.807) is 6.92 Å². The molecule has 0 bridgehead atoms. The molecule has 3 heteroatoms. The minimum absolute atomic E-state index is 0.147. The minimum Gasteiger partial charge on any atom is -0.356 e. The number of Topliss-reactive ketones (excluding diaryl/α,β-unsaturated/α-hetero) is 1. The number of carbonyl (C=O) groups is 1. The summed E-state index contributed by atoms with van der Waals surface area (Å²) in [4.78, 5) is 18.4. The van der Waals surface area contributed by atoms with Crippen LogP contribution < -0.4 is 0 Å². The van der Waals surface area contributed by atoms with Gasteiger partial charge in [0.15, 0.2) is 5.78 Å². The number of nitrogens with zero attached hydrogens (tertiary/aromatic N) is 1. The van der Waals surface area contributed by atoms with Gasteiger partial charge in [-0.05, 0) is 63.7 Å². The van der Waals surface area contributed by atoms with E-state index >= 15 is 0 Å². The van der Waals surface area contributed by atoms with Gasteiger partial charge in [0.1, 0.15) is 0 Å². The van der Waals surface area contributed by atoms with Crippen LogP contribution in [-0.4, -0.2) is 28.8 Å². The number of benzene rings is 2. The number of aromatic nitrogens is 1. The zero-order chi connectivity index (χ0) is 18.8. The predicted octanol–water partition coefficient (Wildman–Crippen LogP) is 5.39. The number of aromatic amines is 1. The smallest absolute Gasteiger partial charge is 0.162 e. The Morgan fingerprint density at radius 1 is 1.07 bits per heavy atom. The van der Waals surface area contributed by atoms with Gasteiger partial charge < -0.3 is 4.98 Å². The highest BCUT2D eigenvalue weighted by Gasteiger charge is 2.27. The molecule has 140 valence electrons. The molecule has 2 aromatic carbocycles. The fraction of sp³-hybridized carbons (Fsp3) is 0.375. The molecular weight excluding hydrogens is 332 g/mol. The summed E-state index contributed by atoms with van der Waals surface area (Å²) in [6.45, 7) is 6.09. The van der Waals surface area contributed by atoms with Crippen molar-refractivity contribution >= 4 is 16.7 Å². The summed E-state index contributed by atoms with van der Waals surface area (Å²) < 4.78 is 0. The molecule has 1 aromatic heterocycles. The van der Waals surface area contributed by atoms with Crippen LogP contribution in [0.25, 0.3) is 10.9 Å². The molecule has 3 nitrogen and oxygen atoms in total. The standard InChI is InChI=1S/C24H28N2O/c1-17(24-23(18(2)27)21-10-6-7-11-22(21)25-24)26-14-12-20(13-15-26)16-19-8-4-3-5-9-19/h3-11,17,20,25H,12-16H2,1-2H3. The fourth-order valence-electron chi connectivity index (χ4n) is 4.53. The van der Waals surface area contributed by atoms with Crippen molar-refractivity contribution in [2.75, 3.05) is 13.1 Å². The Labute approximate surface area is 161 Å². The lowest BCUT2D eigenvalue weighted by atomic mass is 9.89. The second-order valence-electron chi connectivity index (χ2n) is 7.86. The van der Waals surface area contributed by atoms with Crippen molar-refractivity contribution in [3.8, 4) is 0 Å². The first-order valence-corrected chi connectivity index (χ1v) is 10.0. The molecule has 2 heterocycles. The van der Waals surface area contributed by atoms with Crippen molar-refractivity contribution in [3.63, 3.8) is 0 Å². The molecule has 4 rings (SSSR count). The highest BCUT2D eigenvalue weighted by Crippen LogP contribution is 2.33. The van der Waals surface area contributed by atoms with Gasteiger partial charge >= 0.3 is 0 Å². The van der Waals surface area contributed by atoms with Crippen LogP contribution in [0.15, 0.2) is 54.6 Å². The average Bonchev–Trinajstić information content (AvgIpc) is 3.09. The molecule has 0 radical (unpaired) electrons. The molecule has 0 saturated carbocycles. The lowest BCUT2D eigenvalue weighted by Crippen LogP contribution is -2.36. The number of hydrogen-bond acceptors (Lipinski definition) is 2. The summed E-state index contributed by atoms with van der Waals surface area (Å²) in [6, 6.07) is 19.2. The molecule has 27 heavy (non-hydrogen) atoms. The van der Waals surface area contributed by atoms with Gasteiger partial charge in [0.25, 0.3) is 0 Å². The van der Waals surface area contributed by atoms with E-state index in [4.69, 9.17) is 0 Å². The molecule has 3 aromatic rings. The highest BCUT2D eigenvalue weighted by atomic mass is 16.1. The van der Waals surface area contributed by atoms with E-state index in [1.807, 2.05) is 18.2 Å². The Morgan fingerprint density at radius 3 is 2.44 bits per heavy atom. The second kappa shape index (κ2) is 7.69. The van der Waals surface area contributed by atoms with E-state index in [-0.39, 0.29) is 11.8 Å². The van der Waals surface area contributed by atoms with Crippen molar-refractivity contribution < 1.29 is 4.79 Å². The summed E-state index contributed by atoms with van der Waals surface area (Å²) in [7, 11) is 0. The van der Waals surface area contributed by atoms with Crippen LogP contribution in [0.2, 0.25) is 0 Å². The molecule has 1 N–H and O–H groups in total. The van der Waals surface area contributed by atoms with Gasteiger partial charge in [-0.2, -0.15) is 0 Å². The van der Waals surface area contributed by atoms with Crippen LogP contribution in [-0.2, 0) is 6.42 Å². The topological polar surface area (TPSA) is 36.1 Å². The van der Waals surface area contributed by atoms with Gasteiger partial charge in [0.2, 0.25) is 0 Å². The summed E-state index contributed by atoms with van der Waals surface area (Å²) in [5.41, 5.74) is 4.44. The van der Waals surface area contributed by atoms with E-state index in [2.05, 4.69) is 53.2 Å². The maximum Gasteiger partial charge on any atom is 0.162 e. The van der Waals surface area contributed by atoms with Crippen LogP contribution in [0.3, 0.4) is 0 Å². The lowest BCUT2D eigenvalue weighted by molar-refractivity contribution is 0.101. The van der Waals surface area contributed by atoms with Crippen LogP contribution in [0, 0.1) is 5.92 Å². The molecule has 1 atom stereocenters. The van der Waals surface area contributed by atoms with Gasteiger partial charge in [0.05, 0.1) is 0 Å². The molecule has 1 aliphatic rings. The van der Waals surface area contributed by atoms with E-state index < -0.39 is 0 Å². The number of fused-ring (bicyclic) bond motifs is 1. The first-order valence-electron chi connectivity index (χ1n) is 10.0. The number of para-hydroxylation sites is 1. The molecule has 0 spiro atoms. The molecule has 0 amide bonds. The number of H-pyrrole nitrogens is 1. The van der Waals surface area contributed by atoms with Crippen LogP contribution in [0.5, 0.6) is 0 Å². The Bertz CT molecular complexity index is 920. The largest absolute Gasteiger partial charge is 0.356 e. The Balaban J connectivity index is 1.48. The highest BCUT2D eigenvalue weighted by molar-refractivity contribution is 6.08. The molecule has 1 unspecified atom stereocenters. The third-order valence-corrected chi connectivity index (χ3v) is 6.07. The van der Waals surface area contributed by atoms with Crippen LogP contribution in [0.1, 0.15) is 54.3 Å². The predicted molar refractivity (Wildman–Crippen MR) is 111 cm³/mol. The molecule has 0 aliphatic carbocycles. The number of likely N-dealkylation sites (tertiary alicyclic amines) is 1. The molecule has 1 saturated heterocycles. The normalized spacial score (nSPS) is 17.3. The lowest BCUT2D eigenvalue weighted by Gasteiger charge is -2.36. The average molecular weight is 361 g/mol. The maximum absolute atomic E-state index is 12.3. The third kappa shape index (κ3) is 3.70. The van der Waals surface area contributed by atoms with Crippen molar-refractivity contribution in [1.82, 2.24) is 9.88 Å². The summed E-state index contributed by atoms with van der Waals surface area (Å²) >= 11 is 0. The van der Waals surface area contributed by atoms with E-state index in [1.165, 1.54) is 24.8 Å². The number of hydrogen-bond donors (Lipinski definition) is 1.